The van der Waals surface area contributed by atoms with E-state index in [0.29, 0.717) is 5.75 Å². The highest BCUT2D eigenvalue weighted by Gasteiger charge is 2.17. The lowest BCUT2D eigenvalue weighted by Gasteiger charge is -2.17. The fourth-order valence-corrected chi connectivity index (χ4v) is 1.46. The molecule has 0 aliphatic heterocycles. The molecular weight excluding hydrogens is 256 g/mol. The summed E-state index contributed by atoms with van der Waals surface area (Å²) in [6, 6.07) is 5.68. The maximum absolute atomic E-state index is 11.8. The molecule has 20 heavy (non-hydrogen) atoms. The van der Waals surface area contributed by atoms with Crippen LogP contribution in [0.3, 0.4) is 0 Å². The zero-order valence-corrected chi connectivity index (χ0v) is 12.6. The number of hydrogen-bond acceptors (Lipinski definition) is 3. The van der Waals surface area contributed by atoms with Gasteiger partial charge < -0.3 is 4.74 Å². The maximum Gasteiger partial charge on any atom is 0.279 e. The highest BCUT2D eigenvalue weighted by atomic mass is 16.5. The van der Waals surface area contributed by atoms with Crippen LogP contribution in [-0.4, -0.2) is 17.9 Å². The van der Waals surface area contributed by atoms with Gasteiger partial charge in [-0.15, -0.1) is 0 Å². The van der Waals surface area contributed by atoms with E-state index in [1.54, 1.807) is 20.8 Å². The molecule has 0 aliphatic rings. The van der Waals surface area contributed by atoms with Crippen LogP contribution in [0.15, 0.2) is 18.2 Å². The zero-order valence-electron chi connectivity index (χ0n) is 12.6. The molecule has 0 bridgehead atoms. The van der Waals surface area contributed by atoms with Crippen LogP contribution in [0.5, 0.6) is 5.75 Å². The molecule has 2 N–H and O–H groups in total. The van der Waals surface area contributed by atoms with Gasteiger partial charge in [0.2, 0.25) is 5.91 Å². The number of carbonyl (C=O) groups is 2. The third-order valence-corrected chi connectivity index (χ3v) is 3.06. The van der Waals surface area contributed by atoms with E-state index in [1.165, 1.54) is 0 Å². The molecular formula is C15H22N2O3. The highest BCUT2D eigenvalue weighted by Crippen LogP contribution is 2.21. The predicted molar refractivity (Wildman–Crippen MR) is 77.1 cm³/mol. The van der Waals surface area contributed by atoms with Gasteiger partial charge in [-0.2, -0.15) is 0 Å². The number of amides is 2. The fraction of sp³-hybridized carbons (Fsp3) is 0.467. The molecule has 0 fully saturated rings. The van der Waals surface area contributed by atoms with Gasteiger partial charge in [-0.1, -0.05) is 26.0 Å². The van der Waals surface area contributed by atoms with Gasteiger partial charge in [-0.3, -0.25) is 20.4 Å². The standard InChI is InChI=1S/C15H22N2O3/c1-9(2)14(18)16-17-15(19)12(5)20-13-8-6-7-10(3)11(13)4/h6-9,12H,1-5H3,(H,16,18)(H,17,19). The summed E-state index contributed by atoms with van der Waals surface area (Å²) in [5.74, 6) is -0.148. The van der Waals surface area contributed by atoms with Crippen LogP contribution in [0.1, 0.15) is 31.9 Å². The molecule has 1 unspecified atom stereocenters. The van der Waals surface area contributed by atoms with Crippen molar-refractivity contribution in [3.63, 3.8) is 0 Å². The number of hydrazine groups is 1. The van der Waals surface area contributed by atoms with E-state index in [0.717, 1.165) is 11.1 Å². The van der Waals surface area contributed by atoms with Gasteiger partial charge in [0.25, 0.3) is 5.91 Å². The summed E-state index contributed by atoms with van der Waals surface area (Å²) >= 11 is 0. The summed E-state index contributed by atoms with van der Waals surface area (Å²) in [6.07, 6.45) is -0.692. The normalized spacial score (nSPS) is 11.9. The first-order chi connectivity index (χ1) is 9.32. The Kier molecular flexibility index (Phi) is 5.55. The second-order valence-corrected chi connectivity index (χ2v) is 5.09. The number of carbonyl (C=O) groups excluding carboxylic acids is 2. The third-order valence-electron chi connectivity index (χ3n) is 3.06. The zero-order chi connectivity index (χ0) is 15.3. The topological polar surface area (TPSA) is 67.4 Å². The second-order valence-electron chi connectivity index (χ2n) is 5.09. The molecule has 1 rings (SSSR count). The van der Waals surface area contributed by atoms with Crippen molar-refractivity contribution in [3.8, 4) is 5.75 Å². The summed E-state index contributed by atoms with van der Waals surface area (Å²) in [4.78, 5) is 23.2. The van der Waals surface area contributed by atoms with Crippen molar-refractivity contribution in [2.75, 3.05) is 0 Å². The van der Waals surface area contributed by atoms with E-state index >= 15 is 0 Å². The Morgan fingerprint density at radius 1 is 1.05 bits per heavy atom. The molecule has 110 valence electrons. The molecule has 1 aromatic carbocycles. The van der Waals surface area contributed by atoms with Gasteiger partial charge in [0.05, 0.1) is 0 Å². The Hall–Kier alpha value is -2.04. The molecule has 1 atom stereocenters. The third kappa shape index (κ3) is 4.26. The summed E-state index contributed by atoms with van der Waals surface area (Å²) in [7, 11) is 0. The van der Waals surface area contributed by atoms with Crippen molar-refractivity contribution in [1.82, 2.24) is 10.9 Å². The van der Waals surface area contributed by atoms with Gasteiger partial charge >= 0.3 is 0 Å². The van der Waals surface area contributed by atoms with Crippen LogP contribution in [0.4, 0.5) is 0 Å². The minimum Gasteiger partial charge on any atom is -0.481 e. The van der Waals surface area contributed by atoms with E-state index in [-0.39, 0.29) is 17.7 Å². The average Bonchev–Trinajstić information content (AvgIpc) is 2.40. The van der Waals surface area contributed by atoms with Crippen molar-refractivity contribution in [2.45, 2.75) is 40.7 Å². The van der Waals surface area contributed by atoms with E-state index < -0.39 is 6.10 Å². The minimum atomic E-state index is -0.692. The number of nitrogens with one attached hydrogen (secondary N) is 2. The van der Waals surface area contributed by atoms with E-state index in [4.69, 9.17) is 4.74 Å². The molecule has 0 saturated carbocycles. The first kappa shape index (κ1) is 16.0. The van der Waals surface area contributed by atoms with Gasteiger partial charge in [0, 0.05) is 5.92 Å². The fourth-order valence-electron chi connectivity index (χ4n) is 1.46. The van der Waals surface area contributed by atoms with E-state index in [2.05, 4.69) is 10.9 Å². The Morgan fingerprint density at radius 2 is 1.65 bits per heavy atom. The molecule has 5 heteroatoms. The molecule has 0 radical (unpaired) electrons. The lowest BCUT2D eigenvalue weighted by atomic mass is 10.1. The Labute approximate surface area is 119 Å². The minimum absolute atomic E-state index is 0.189. The predicted octanol–water partition coefficient (Wildman–Crippen LogP) is 1.87. The maximum atomic E-state index is 11.8. The first-order valence-corrected chi connectivity index (χ1v) is 6.65. The van der Waals surface area contributed by atoms with Crippen molar-refractivity contribution in [2.24, 2.45) is 5.92 Å². The van der Waals surface area contributed by atoms with Crippen molar-refractivity contribution >= 4 is 11.8 Å². The highest BCUT2D eigenvalue weighted by molar-refractivity contribution is 5.85. The van der Waals surface area contributed by atoms with Crippen LogP contribution < -0.4 is 15.6 Å². The van der Waals surface area contributed by atoms with Crippen molar-refractivity contribution in [1.29, 1.82) is 0 Å². The SMILES string of the molecule is Cc1cccc(OC(C)C(=O)NNC(=O)C(C)C)c1C. The number of ether oxygens (including phenoxy) is 1. The van der Waals surface area contributed by atoms with Crippen LogP contribution >= 0.6 is 0 Å². The van der Waals surface area contributed by atoms with E-state index in [1.807, 2.05) is 32.0 Å². The quantitative estimate of drug-likeness (QED) is 0.826. The smallest absolute Gasteiger partial charge is 0.279 e. The molecule has 2 amide bonds. The monoisotopic (exact) mass is 278 g/mol. The molecule has 0 aromatic heterocycles. The lowest BCUT2D eigenvalue weighted by molar-refractivity contribution is -0.133. The summed E-state index contributed by atoms with van der Waals surface area (Å²) < 4.78 is 5.62. The summed E-state index contributed by atoms with van der Waals surface area (Å²) in [6.45, 7) is 9.05. The number of aryl methyl sites for hydroxylation is 1. The van der Waals surface area contributed by atoms with Crippen molar-refractivity contribution in [3.05, 3.63) is 29.3 Å². The Balaban J connectivity index is 2.58. The summed E-state index contributed by atoms with van der Waals surface area (Å²) in [5, 5.41) is 0. The molecule has 5 nitrogen and oxygen atoms in total. The first-order valence-electron chi connectivity index (χ1n) is 6.65. The van der Waals surface area contributed by atoms with Crippen LogP contribution in [0, 0.1) is 19.8 Å². The molecule has 0 saturated heterocycles. The number of hydrogen-bond donors (Lipinski definition) is 2. The van der Waals surface area contributed by atoms with Crippen LogP contribution in [-0.2, 0) is 9.59 Å². The van der Waals surface area contributed by atoms with Gasteiger partial charge in [0.15, 0.2) is 6.10 Å². The van der Waals surface area contributed by atoms with Gasteiger partial charge in [-0.25, -0.2) is 0 Å². The van der Waals surface area contributed by atoms with Gasteiger partial charge in [0.1, 0.15) is 5.75 Å². The molecule has 0 aliphatic carbocycles. The van der Waals surface area contributed by atoms with Gasteiger partial charge in [-0.05, 0) is 38.0 Å². The largest absolute Gasteiger partial charge is 0.481 e. The number of rotatable bonds is 4. The Morgan fingerprint density at radius 3 is 2.25 bits per heavy atom. The molecule has 1 aromatic rings. The molecule has 0 heterocycles. The van der Waals surface area contributed by atoms with Crippen molar-refractivity contribution < 1.29 is 14.3 Å². The average molecular weight is 278 g/mol. The second kappa shape index (κ2) is 6.93. The Bertz CT molecular complexity index is 498. The van der Waals surface area contributed by atoms with Crippen LogP contribution in [0.2, 0.25) is 0 Å². The lowest BCUT2D eigenvalue weighted by Crippen LogP contribution is -2.48. The molecule has 0 spiro atoms. The summed E-state index contributed by atoms with van der Waals surface area (Å²) in [5.41, 5.74) is 6.81. The number of benzene rings is 1. The van der Waals surface area contributed by atoms with Crippen LogP contribution in [0.25, 0.3) is 0 Å². The van der Waals surface area contributed by atoms with E-state index in [9.17, 15) is 9.59 Å².